The molecule has 1 aliphatic rings. The molecule has 6 heteroatoms. The maximum absolute atomic E-state index is 13.1. The van der Waals surface area contributed by atoms with E-state index in [1.54, 1.807) is 6.08 Å². The number of thioether (sulfide) groups is 1. The third-order valence-corrected chi connectivity index (χ3v) is 6.74. The van der Waals surface area contributed by atoms with Crippen LogP contribution in [0.15, 0.2) is 95.9 Å². The first-order chi connectivity index (χ1) is 17.6. The summed E-state index contributed by atoms with van der Waals surface area (Å²) in [6.45, 7) is 3.05. The van der Waals surface area contributed by atoms with Gasteiger partial charge in [0, 0.05) is 0 Å². The standard InChI is InChI=1S/C30H25NO4S/c1-2-34-27-17-22(13-15-26(27)35-20-21-8-4-3-5-9-21)18-28-29(32)31(30(33)36-28)19-23-12-14-24-10-6-7-11-25(24)16-23/h3-18H,2,19-20H2,1H3/b28-18+. The molecule has 0 spiro atoms. The predicted molar refractivity (Wildman–Crippen MR) is 144 cm³/mol. The summed E-state index contributed by atoms with van der Waals surface area (Å²) in [4.78, 5) is 27.4. The van der Waals surface area contributed by atoms with Crippen LogP contribution in [0.2, 0.25) is 0 Å². The Bertz CT molecular complexity index is 1450. The number of rotatable bonds is 8. The van der Waals surface area contributed by atoms with Crippen molar-refractivity contribution < 1.29 is 19.1 Å². The van der Waals surface area contributed by atoms with E-state index < -0.39 is 0 Å². The van der Waals surface area contributed by atoms with Crippen LogP contribution in [-0.4, -0.2) is 22.7 Å². The Kier molecular flexibility index (Phi) is 7.05. The second-order valence-electron chi connectivity index (χ2n) is 8.36. The van der Waals surface area contributed by atoms with Gasteiger partial charge >= 0.3 is 0 Å². The predicted octanol–water partition coefficient (Wildman–Crippen LogP) is 7.05. The zero-order valence-electron chi connectivity index (χ0n) is 19.8. The lowest BCUT2D eigenvalue weighted by Crippen LogP contribution is -2.27. The smallest absolute Gasteiger partial charge is 0.293 e. The molecule has 2 amide bonds. The summed E-state index contributed by atoms with van der Waals surface area (Å²) in [6, 6.07) is 29.5. The number of fused-ring (bicyclic) bond motifs is 1. The summed E-state index contributed by atoms with van der Waals surface area (Å²) in [6.07, 6.45) is 1.73. The van der Waals surface area contributed by atoms with Gasteiger partial charge in [0.2, 0.25) is 0 Å². The molecule has 0 N–H and O–H groups in total. The van der Waals surface area contributed by atoms with Crippen molar-refractivity contribution in [2.45, 2.75) is 20.1 Å². The summed E-state index contributed by atoms with van der Waals surface area (Å²) in [5.41, 5.74) is 2.74. The molecule has 1 heterocycles. The summed E-state index contributed by atoms with van der Waals surface area (Å²) in [5.74, 6) is 0.931. The van der Waals surface area contributed by atoms with Crippen LogP contribution in [0.4, 0.5) is 4.79 Å². The lowest BCUT2D eigenvalue weighted by atomic mass is 10.1. The summed E-state index contributed by atoms with van der Waals surface area (Å²) in [5, 5.41) is 1.93. The highest BCUT2D eigenvalue weighted by Gasteiger charge is 2.35. The third kappa shape index (κ3) is 5.29. The van der Waals surface area contributed by atoms with Crippen LogP contribution >= 0.6 is 11.8 Å². The van der Waals surface area contributed by atoms with Crippen molar-refractivity contribution >= 4 is 39.8 Å². The molecule has 1 aliphatic heterocycles. The summed E-state index contributed by atoms with van der Waals surface area (Å²) < 4.78 is 11.8. The van der Waals surface area contributed by atoms with Crippen LogP contribution in [0, 0.1) is 0 Å². The van der Waals surface area contributed by atoms with Gasteiger partial charge in [-0.3, -0.25) is 14.5 Å². The fourth-order valence-electron chi connectivity index (χ4n) is 4.04. The first-order valence-electron chi connectivity index (χ1n) is 11.8. The zero-order valence-corrected chi connectivity index (χ0v) is 20.7. The van der Waals surface area contributed by atoms with E-state index >= 15 is 0 Å². The van der Waals surface area contributed by atoms with E-state index in [0.717, 1.165) is 39.2 Å². The average Bonchev–Trinajstić information content (AvgIpc) is 3.16. The lowest BCUT2D eigenvalue weighted by Gasteiger charge is -2.13. The number of imide groups is 1. The Labute approximate surface area is 214 Å². The molecule has 5 nitrogen and oxygen atoms in total. The van der Waals surface area contributed by atoms with E-state index in [-0.39, 0.29) is 17.7 Å². The molecule has 0 aliphatic carbocycles. The number of ether oxygens (including phenoxy) is 2. The molecule has 0 unspecified atom stereocenters. The van der Waals surface area contributed by atoms with Gasteiger partial charge in [0.15, 0.2) is 11.5 Å². The Morgan fingerprint density at radius 3 is 2.36 bits per heavy atom. The van der Waals surface area contributed by atoms with E-state index in [1.165, 1.54) is 4.90 Å². The van der Waals surface area contributed by atoms with Gasteiger partial charge < -0.3 is 9.47 Å². The number of carbonyl (C=O) groups is 2. The highest BCUT2D eigenvalue weighted by atomic mass is 32.2. The van der Waals surface area contributed by atoms with Crippen LogP contribution in [0.5, 0.6) is 11.5 Å². The van der Waals surface area contributed by atoms with Gasteiger partial charge in [-0.1, -0.05) is 72.8 Å². The second-order valence-corrected chi connectivity index (χ2v) is 9.36. The second kappa shape index (κ2) is 10.7. The minimum absolute atomic E-state index is 0.239. The number of nitrogens with zero attached hydrogens (tertiary/aromatic N) is 1. The monoisotopic (exact) mass is 495 g/mol. The van der Waals surface area contributed by atoms with E-state index in [1.807, 2.05) is 97.9 Å². The molecule has 1 saturated heterocycles. The highest BCUT2D eigenvalue weighted by molar-refractivity contribution is 8.18. The van der Waals surface area contributed by atoms with Crippen molar-refractivity contribution in [3.8, 4) is 11.5 Å². The van der Waals surface area contributed by atoms with E-state index in [2.05, 4.69) is 0 Å². The highest BCUT2D eigenvalue weighted by Crippen LogP contribution is 2.36. The van der Waals surface area contributed by atoms with Gasteiger partial charge in [0.05, 0.1) is 18.1 Å². The van der Waals surface area contributed by atoms with Crippen LogP contribution in [-0.2, 0) is 17.9 Å². The Balaban J connectivity index is 1.32. The lowest BCUT2D eigenvalue weighted by molar-refractivity contribution is -0.123. The topological polar surface area (TPSA) is 55.8 Å². The van der Waals surface area contributed by atoms with Crippen molar-refractivity contribution in [3.05, 3.63) is 113 Å². The fourth-order valence-corrected chi connectivity index (χ4v) is 4.88. The Morgan fingerprint density at radius 2 is 1.56 bits per heavy atom. The van der Waals surface area contributed by atoms with Crippen LogP contribution in [0.1, 0.15) is 23.6 Å². The zero-order chi connectivity index (χ0) is 24.9. The summed E-state index contributed by atoms with van der Waals surface area (Å²) in [7, 11) is 0. The van der Waals surface area contributed by atoms with Gasteiger partial charge in [0.1, 0.15) is 6.61 Å². The molecular formula is C30H25NO4S. The minimum Gasteiger partial charge on any atom is -0.490 e. The Morgan fingerprint density at radius 1 is 0.778 bits per heavy atom. The van der Waals surface area contributed by atoms with Crippen molar-refractivity contribution in [3.63, 3.8) is 0 Å². The molecule has 36 heavy (non-hydrogen) atoms. The largest absolute Gasteiger partial charge is 0.490 e. The maximum atomic E-state index is 13.1. The Hall–Kier alpha value is -4.03. The first kappa shape index (κ1) is 23.7. The number of carbonyl (C=O) groups excluding carboxylic acids is 2. The number of benzene rings is 4. The van der Waals surface area contributed by atoms with Gasteiger partial charge in [-0.05, 0) is 70.4 Å². The molecule has 1 fully saturated rings. The van der Waals surface area contributed by atoms with Crippen LogP contribution < -0.4 is 9.47 Å². The minimum atomic E-state index is -0.291. The van der Waals surface area contributed by atoms with Crippen molar-refractivity contribution in [1.29, 1.82) is 0 Å². The van der Waals surface area contributed by atoms with Gasteiger partial charge in [-0.15, -0.1) is 0 Å². The van der Waals surface area contributed by atoms with Crippen LogP contribution in [0.3, 0.4) is 0 Å². The van der Waals surface area contributed by atoms with Gasteiger partial charge in [0.25, 0.3) is 11.1 Å². The fraction of sp³-hybridized carbons (Fsp3) is 0.133. The molecule has 0 aromatic heterocycles. The van der Waals surface area contributed by atoms with Gasteiger partial charge in [-0.2, -0.15) is 0 Å². The SMILES string of the molecule is CCOc1cc(/C=C2/SC(=O)N(Cc3ccc4ccccc4c3)C2=O)ccc1OCc1ccccc1. The van der Waals surface area contributed by atoms with Crippen molar-refractivity contribution in [2.24, 2.45) is 0 Å². The molecule has 0 radical (unpaired) electrons. The molecule has 0 bridgehead atoms. The van der Waals surface area contributed by atoms with E-state index in [4.69, 9.17) is 9.47 Å². The molecule has 5 rings (SSSR count). The first-order valence-corrected chi connectivity index (χ1v) is 12.6. The number of hydrogen-bond acceptors (Lipinski definition) is 5. The molecule has 0 saturated carbocycles. The quantitative estimate of drug-likeness (QED) is 0.245. The van der Waals surface area contributed by atoms with E-state index in [0.29, 0.717) is 29.6 Å². The average molecular weight is 496 g/mol. The molecular weight excluding hydrogens is 470 g/mol. The maximum Gasteiger partial charge on any atom is 0.293 e. The molecule has 4 aromatic carbocycles. The third-order valence-electron chi connectivity index (χ3n) is 5.83. The van der Waals surface area contributed by atoms with Gasteiger partial charge in [-0.25, -0.2) is 0 Å². The number of hydrogen-bond donors (Lipinski definition) is 0. The normalized spacial score (nSPS) is 14.6. The van der Waals surface area contributed by atoms with Crippen LogP contribution in [0.25, 0.3) is 16.8 Å². The van der Waals surface area contributed by atoms with E-state index in [9.17, 15) is 9.59 Å². The molecule has 0 atom stereocenters. The summed E-state index contributed by atoms with van der Waals surface area (Å²) >= 11 is 0.957. The molecule has 180 valence electrons. The number of amides is 2. The molecule has 4 aromatic rings. The van der Waals surface area contributed by atoms with Crippen molar-refractivity contribution in [1.82, 2.24) is 4.90 Å². The van der Waals surface area contributed by atoms with Crippen molar-refractivity contribution in [2.75, 3.05) is 6.61 Å².